The average molecular weight is 155 g/mol. The third kappa shape index (κ3) is 1.84. The number of nitrogen functional groups attached to an aromatic ring is 1. The molecular weight excluding hydrogens is 146 g/mol. The molecule has 0 aromatic heterocycles. The lowest BCUT2D eigenvalue weighted by atomic mass is 10.3. The van der Waals surface area contributed by atoms with Gasteiger partial charge in [-0.1, -0.05) is 6.07 Å². The lowest BCUT2D eigenvalue weighted by Gasteiger charge is -1.99. The highest BCUT2D eigenvalue weighted by Gasteiger charge is 1.90. The van der Waals surface area contributed by atoms with E-state index in [2.05, 4.69) is 0 Å². The lowest BCUT2D eigenvalue weighted by Crippen LogP contribution is -1.84. The number of rotatable bonds is 2. The van der Waals surface area contributed by atoms with Crippen LogP contribution >= 0.6 is 12.0 Å². The molecule has 10 heavy (non-hydrogen) atoms. The molecular formula is C7H9NOS. The summed E-state index contributed by atoms with van der Waals surface area (Å²) in [5, 5.41) is 0. The van der Waals surface area contributed by atoms with Gasteiger partial charge in [-0.15, -0.1) is 0 Å². The van der Waals surface area contributed by atoms with Crippen molar-refractivity contribution < 1.29 is 4.18 Å². The van der Waals surface area contributed by atoms with E-state index < -0.39 is 0 Å². The molecule has 0 atom stereocenters. The van der Waals surface area contributed by atoms with Crippen LogP contribution < -0.4 is 9.92 Å². The van der Waals surface area contributed by atoms with Gasteiger partial charge in [0.25, 0.3) is 0 Å². The molecule has 0 spiro atoms. The van der Waals surface area contributed by atoms with Crippen LogP contribution in [0.5, 0.6) is 5.75 Å². The van der Waals surface area contributed by atoms with Gasteiger partial charge in [0.15, 0.2) is 0 Å². The molecule has 0 aliphatic heterocycles. The van der Waals surface area contributed by atoms with Crippen molar-refractivity contribution in [2.24, 2.45) is 0 Å². The third-order valence-electron chi connectivity index (χ3n) is 1.04. The van der Waals surface area contributed by atoms with Crippen LogP contribution in [0.2, 0.25) is 0 Å². The van der Waals surface area contributed by atoms with Crippen molar-refractivity contribution in [3.63, 3.8) is 0 Å². The highest BCUT2D eigenvalue weighted by Crippen LogP contribution is 2.17. The Labute approximate surface area is 64.6 Å². The topological polar surface area (TPSA) is 35.2 Å². The van der Waals surface area contributed by atoms with Crippen molar-refractivity contribution in [2.45, 2.75) is 0 Å². The zero-order chi connectivity index (χ0) is 7.40. The summed E-state index contributed by atoms with van der Waals surface area (Å²) in [5.41, 5.74) is 6.23. The van der Waals surface area contributed by atoms with Crippen molar-refractivity contribution in [2.75, 3.05) is 12.0 Å². The predicted octanol–water partition coefficient (Wildman–Crippen LogP) is 1.93. The molecule has 0 saturated carbocycles. The Hall–Kier alpha value is -0.830. The van der Waals surface area contributed by atoms with Gasteiger partial charge < -0.3 is 9.92 Å². The second kappa shape index (κ2) is 3.37. The number of anilines is 1. The first kappa shape index (κ1) is 7.28. The zero-order valence-corrected chi connectivity index (χ0v) is 6.52. The molecule has 0 saturated heterocycles. The Morgan fingerprint density at radius 3 is 2.90 bits per heavy atom. The smallest absolute Gasteiger partial charge is 0.139 e. The van der Waals surface area contributed by atoms with Crippen molar-refractivity contribution in [3.05, 3.63) is 24.3 Å². The predicted molar refractivity (Wildman–Crippen MR) is 45.0 cm³/mol. The molecule has 0 fully saturated rings. The monoisotopic (exact) mass is 155 g/mol. The molecule has 54 valence electrons. The maximum absolute atomic E-state index is 5.50. The van der Waals surface area contributed by atoms with Crippen LogP contribution in [-0.4, -0.2) is 6.26 Å². The van der Waals surface area contributed by atoms with Crippen LogP contribution in [0.3, 0.4) is 0 Å². The van der Waals surface area contributed by atoms with Gasteiger partial charge in [-0.05, 0) is 12.1 Å². The van der Waals surface area contributed by atoms with Crippen molar-refractivity contribution in [1.82, 2.24) is 0 Å². The van der Waals surface area contributed by atoms with E-state index in [0.717, 1.165) is 11.4 Å². The molecule has 1 aromatic rings. The minimum atomic E-state index is 0.728. The normalized spacial score (nSPS) is 9.30. The Morgan fingerprint density at radius 1 is 1.50 bits per heavy atom. The fraction of sp³-hybridized carbons (Fsp3) is 0.143. The van der Waals surface area contributed by atoms with E-state index in [1.165, 1.54) is 12.0 Å². The maximum atomic E-state index is 5.50. The Morgan fingerprint density at radius 2 is 2.30 bits per heavy atom. The summed E-state index contributed by atoms with van der Waals surface area (Å²) in [7, 11) is 0. The van der Waals surface area contributed by atoms with E-state index in [4.69, 9.17) is 9.92 Å². The average Bonchev–Trinajstić information content (AvgIpc) is 1.88. The van der Waals surface area contributed by atoms with Gasteiger partial charge in [-0.2, -0.15) is 0 Å². The van der Waals surface area contributed by atoms with Crippen LogP contribution in [0, 0.1) is 0 Å². The number of hydrogen-bond acceptors (Lipinski definition) is 3. The quantitative estimate of drug-likeness (QED) is 0.523. The molecule has 0 aliphatic rings. The van der Waals surface area contributed by atoms with Crippen LogP contribution in [-0.2, 0) is 0 Å². The molecule has 2 N–H and O–H groups in total. The first-order valence-electron chi connectivity index (χ1n) is 2.89. The molecule has 0 unspecified atom stereocenters. The van der Waals surface area contributed by atoms with Gasteiger partial charge >= 0.3 is 0 Å². The lowest BCUT2D eigenvalue weighted by molar-refractivity contribution is 0.651. The van der Waals surface area contributed by atoms with Gasteiger partial charge in [0.2, 0.25) is 0 Å². The van der Waals surface area contributed by atoms with Gasteiger partial charge in [0, 0.05) is 18.0 Å². The molecule has 1 rings (SSSR count). The SMILES string of the molecule is CSOc1cccc(N)c1. The minimum absolute atomic E-state index is 0.728. The van der Waals surface area contributed by atoms with Crippen molar-refractivity contribution >= 4 is 17.7 Å². The van der Waals surface area contributed by atoms with E-state index in [-0.39, 0.29) is 0 Å². The summed E-state index contributed by atoms with van der Waals surface area (Å²) in [6.07, 6.45) is 1.86. The molecule has 0 radical (unpaired) electrons. The van der Waals surface area contributed by atoms with Gasteiger partial charge in [0.1, 0.15) is 5.75 Å². The Kier molecular flexibility index (Phi) is 2.45. The summed E-state index contributed by atoms with van der Waals surface area (Å²) in [5.74, 6) is 0.799. The van der Waals surface area contributed by atoms with E-state index in [9.17, 15) is 0 Å². The minimum Gasteiger partial charge on any atom is -0.426 e. The molecule has 0 bridgehead atoms. The standard InChI is InChI=1S/C7H9NOS/c1-10-9-7-4-2-3-6(8)5-7/h2-5H,8H2,1H3. The van der Waals surface area contributed by atoms with E-state index in [0.29, 0.717) is 0 Å². The summed E-state index contributed by atoms with van der Waals surface area (Å²) in [6.45, 7) is 0. The summed E-state index contributed by atoms with van der Waals surface area (Å²) >= 11 is 1.31. The first-order valence-corrected chi connectivity index (χ1v) is 4.04. The van der Waals surface area contributed by atoms with Crippen LogP contribution in [0.4, 0.5) is 5.69 Å². The molecule has 1 aromatic carbocycles. The van der Waals surface area contributed by atoms with E-state index in [1.807, 2.05) is 24.5 Å². The van der Waals surface area contributed by atoms with Gasteiger partial charge in [-0.25, -0.2) is 0 Å². The highest BCUT2D eigenvalue weighted by molar-refractivity contribution is 7.94. The summed E-state index contributed by atoms with van der Waals surface area (Å²) in [6, 6.07) is 7.34. The van der Waals surface area contributed by atoms with Gasteiger partial charge in [0.05, 0.1) is 12.0 Å². The zero-order valence-electron chi connectivity index (χ0n) is 5.70. The summed E-state index contributed by atoms with van der Waals surface area (Å²) < 4.78 is 5.12. The molecule has 3 heteroatoms. The van der Waals surface area contributed by atoms with Crippen molar-refractivity contribution in [1.29, 1.82) is 0 Å². The second-order valence-corrected chi connectivity index (χ2v) is 2.32. The second-order valence-electron chi connectivity index (χ2n) is 1.82. The summed E-state index contributed by atoms with van der Waals surface area (Å²) in [4.78, 5) is 0. The third-order valence-corrected chi connectivity index (χ3v) is 1.40. The van der Waals surface area contributed by atoms with Crippen LogP contribution in [0.15, 0.2) is 24.3 Å². The van der Waals surface area contributed by atoms with Crippen LogP contribution in [0.1, 0.15) is 0 Å². The molecule has 2 nitrogen and oxygen atoms in total. The van der Waals surface area contributed by atoms with E-state index >= 15 is 0 Å². The first-order chi connectivity index (χ1) is 4.83. The largest absolute Gasteiger partial charge is 0.426 e. The number of nitrogens with two attached hydrogens (primary N) is 1. The van der Waals surface area contributed by atoms with Crippen LogP contribution in [0.25, 0.3) is 0 Å². The van der Waals surface area contributed by atoms with E-state index in [1.54, 1.807) is 6.07 Å². The van der Waals surface area contributed by atoms with Gasteiger partial charge in [-0.3, -0.25) is 0 Å². The molecule has 0 amide bonds. The highest BCUT2D eigenvalue weighted by atomic mass is 32.2. The Balaban J connectivity index is 2.75. The fourth-order valence-corrected chi connectivity index (χ4v) is 0.959. The molecule has 0 heterocycles. The Bertz CT molecular complexity index is 215. The number of benzene rings is 1. The van der Waals surface area contributed by atoms with Crippen molar-refractivity contribution in [3.8, 4) is 5.75 Å². The fourth-order valence-electron chi connectivity index (χ4n) is 0.663. The molecule has 0 aliphatic carbocycles. The maximum Gasteiger partial charge on any atom is 0.139 e. The number of hydrogen-bond donors (Lipinski definition) is 1.